The molecule has 4 nitrogen and oxygen atoms in total. The van der Waals surface area contributed by atoms with Crippen LogP contribution < -0.4 is 9.46 Å². The summed E-state index contributed by atoms with van der Waals surface area (Å²) in [6.07, 6.45) is 3.17. The van der Waals surface area contributed by atoms with Crippen LogP contribution in [0.5, 0.6) is 5.75 Å². The third-order valence-corrected chi connectivity index (χ3v) is 5.26. The number of anilines is 1. The van der Waals surface area contributed by atoms with Crippen molar-refractivity contribution in [3.05, 3.63) is 94.0 Å². The van der Waals surface area contributed by atoms with Crippen molar-refractivity contribution < 1.29 is 13.2 Å². The van der Waals surface area contributed by atoms with Crippen LogP contribution in [0.4, 0.5) is 5.69 Å². The average Bonchev–Trinajstić information content (AvgIpc) is 2.78. The number of halogens is 1. The van der Waals surface area contributed by atoms with Gasteiger partial charge in [0.05, 0.1) is 6.26 Å². The van der Waals surface area contributed by atoms with E-state index in [1.54, 1.807) is 12.1 Å². The fourth-order valence-corrected chi connectivity index (χ4v) is 4.04. The molecule has 0 aliphatic carbocycles. The number of hydrogen-bond donors (Lipinski definition) is 1. The third kappa shape index (κ3) is 4.06. The molecule has 4 rings (SSSR count). The molecule has 0 saturated heterocycles. The van der Waals surface area contributed by atoms with Gasteiger partial charge < -0.3 is 4.74 Å². The Labute approximate surface area is 169 Å². The molecule has 142 valence electrons. The van der Waals surface area contributed by atoms with Gasteiger partial charge in [0.15, 0.2) is 0 Å². The predicted molar refractivity (Wildman–Crippen MR) is 114 cm³/mol. The van der Waals surface area contributed by atoms with Crippen LogP contribution in [-0.4, -0.2) is 14.7 Å². The Bertz CT molecular complexity index is 1190. The van der Waals surface area contributed by atoms with E-state index in [1.807, 2.05) is 60.7 Å². The molecule has 3 aromatic carbocycles. The van der Waals surface area contributed by atoms with Crippen LogP contribution in [0.15, 0.2) is 66.7 Å². The molecule has 3 aromatic rings. The highest BCUT2D eigenvalue weighted by molar-refractivity contribution is 7.92. The summed E-state index contributed by atoms with van der Waals surface area (Å²) < 4.78 is 31.6. The summed E-state index contributed by atoms with van der Waals surface area (Å²) in [5.41, 5.74) is 5.41. The smallest absolute Gasteiger partial charge is 0.229 e. The van der Waals surface area contributed by atoms with Gasteiger partial charge in [-0.2, -0.15) is 0 Å². The van der Waals surface area contributed by atoms with Gasteiger partial charge in [-0.25, -0.2) is 8.42 Å². The predicted octanol–water partition coefficient (Wildman–Crippen LogP) is 5.19. The van der Waals surface area contributed by atoms with Gasteiger partial charge in [0, 0.05) is 16.3 Å². The molecule has 0 spiro atoms. The van der Waals surface area contributed by atoms with E-state index in [4.69, 9.17) is 16.3 Å². The van der Waals surface area contributed by atoms with Crippen molar-refractivity contribution in [3.63, 3.8) is 0 Å². The lowest BCUT2D eigenvalue weighted by molar-refractivity contribution is 0.307. The van der Waals surface area contributed by atoms with E-state index in [9.17, 15) is 8.42 Å². The van der Waals surface area contributed by atoms with Crippen LogP contribution in [0, 0.1) is 0 Å². The third-order valence-electron chi connectivity index (χ3n) is 4.42. The fourth-order valence-electron chi connectivity index (χ4n) is 3.29. The number of para-hydroxylation sites is 1. The van der Waals surface area contributed by atoms with Gasteiger partial charge in [0.25, 0.3) is 0 Å². The second-order valence-electron chi connectivity index (χ2n) is 6.64. The topological polar surface area (TPSA) is 55.4 Å². The minimum Gasteiger partial charge on any atom is -0.488 e. The molecule has 1 heterocycles. The number of sulfonamides is 1. The Morgan fingerprint density at radius 1 is 1.00 bits per heavy atom. The van der Waals surface area contributed by atoms with Crippen molar-refractivity contribution in [2.75, 3.05) is 11.0 Å². The SMILES string of the molecule is CS(=O)(=O)Nc1cccc(/C=C2\c3ccc(Cl)cc3COc3ccccc32)c1. The first-order valence-corrected chi connectivity index (χ1v) is 11.0. The number of ether oxygens (including phenoxy) is 1. The molecule has 1 aliphatic heterocycles. The molecule has 1 aliphatic rings. The van der Waals surface area contributed by atoms with Crippen LogP contribution in [0.2, 0.25) is 5.02 Å². The molecular formula is C22H18ClNO3S. The van der Waals surface area contributed by atoms with Gasteiger partial charge in [0.2, 0.25) is 10.0 Å². The molecule has 6 heteroatoms. The van der Waals surface area contributed by atoms with E-state index in [-0.39, 0.29) is 0 Å². The van der Waals surface area contributed by atoms with Crippen LogP contribution >= 0.6 is 11.6 Å². The summed E-state index contributed by atoms with van der Waals surface area (Å²) in [4.78, 5) is 0. The Morgan fingerprint density at radius 3 is 2.64 bits per heavy atom. The minimum absolute atomic E-state index is 0.430. The first kappa shape index (κ1) is 18.6. The van der Waals surface area contributed by atoms with Crippen molar-refractivity contribution in [2.24, 2.45) is 0 Å². The highest BCUT2D eigenvalue weighted by Gasteiger charge is 2.19. The number of rotatable bonds is 3. The Balaban J connectivity index is 1.88. The van der Waals surface area contributed by atoms with Crippen LogP contribution in [-0.2, 0) is 16.6 Å². The zero-order chi connectivity index (χ0) is 19.7. The van der Waals surface area contributed by atoms with Gasteiger partial charge in [0.1, 0.15) is 12.4 Å². The Hall–Kier alpha value is -2.76. The second kappa shape index (κ2) is 7.34. The van der Waals surface area contributed by atoms with E-state index in [0.717, 1.165) is 39.8 Å². The van der Waals surface area contributed by atoms with Crippen molar-refractivity contribution in [2.45, 2.75) is 6.61 Å². The molecule has 0 radical (unpaired) electrons. The van der Waals surface area contributed by atoms with Crippen LogP contribution in [0.25, 0.3) is 11.6 Å². The molecule has 0 bridgehead atoms. The van der Waals surface area contributed by atoms with E-state index >= 15 is 0 Å². The van der Waals surface area contributed by atoms with Crippen molar-refractivity contribution in [3.8, 4) is 5.75 Å². The monoisotopic (exact) mass is 411 g/mol. The maximum absolute atomic E-state index is 11.6. The normalized spacial score (nSPS) is 14.6. The maximum Gasteiger partial charge on any atom is 0.229 e. The first-order valence-electron chi connectivity index (χ1n) is 8.70. The van der Waals surface area contributed by atoms with E-state index in [2.05, 4.69) is 4.72 Å². The van der Waals surface area contributed by atoms with Gasteiger partial charge in [-0.15, -0.1) is 0 Å². The summed E-state index contributed by atoms with van der Waals surface area (Å²) >= 11 is 6.19. The largest absolute Gasteiger partial charge is 0.488 e. The van der Waals surface area contributed by atoms with Crippen molar-refractivity contribution in [1.29, 1.82) is 0 Å². The highest BCUT2D eigenvalue weighted by Crippen LogP contribution is 2.38. The fraction of sp³-hybridized carbons (Fsp3) is 0.0909. The zero-order valence-electron chi connectivity index (χ0n) is 15.1. The maximum atomic E-state index is 11.6. The summed E-state index contributed by atoms with van der Waals surface area (Å²) in [6.45, 7) is 0.430. The number of fused-ring (bicyclic) bond motifs is 2. The second-order valence-corrected chi connectivity index (χ2v) is 8.83. The summed E-state index contributed by atoms with van der Waals surface area (Å²) in [7, 11) is -3.34. The number of nitrogens with one attached hydrogen (secondary N) is 1. The molecule has 0 saturated carbocycles. The van der Waals surface area contributed by atoms with Gasteiger partial charge in [-0.05, 0) is 58.7 Å². The molecule has 28 heavy (non-hydrogen) atoms. The standard InChI is InChI=1S/C22H18ClNO3S/c1-28(25,26)24-18-6-4-5-15(11-18)12-21-19-10-9-17(23)13-16(19)14-27-22-8-3-2-7-20(21)22/h2-13,24H,14H2,1H3/b21-12+. The average molecular weight is 412 g/mol. The lowest BCUT2D eigenvalue weighted by Gasteiger charge is -2.11. The summed E-state index contributed by atoms with van der Waals surface area (Å²) in [6, 6.07) is 20.9. The van der Waals surface area contributed by atoms with Crippen molar-refractivity contribution >= 4 is 39.0 Å². The molecule has 0 aromatic heterocycles. The Morgan fingerprint density at radius 2 is 1.82 bits per heavy atom. The molecule has 1 N–H and O–H groups in total. The number of benzene rings is 3. The molecule has 0 fully saturated rings. The van der Waals surface area contributed by atoms with E-state index in [0.29, 0.717) is 17.3 Å². The molecule has 0 atom stereocenters. The summed E-state index contributed by atoms with van der Waals surface area (Å²) in [5.74, 6) is 0.798. The molecule has 0 amide bonds. The molecule has 0 unspecified atom stereocenters. The highest BCUT2D eigenvalue weighted by atomic mass is 35.5. The first-order chi connectivity index (χ1) is 13.4. The van der Waals surface area contributed by atoms with Crippen LogP contribution in [0.1, 0.15) is 22.3 Å². The van der Waals surface area contributed by atoms with E-state index in [1.165, 1.54) is 0 Å². The van der Waals surface area contributed by atoms with Gasteiger partial charge >= 0.3 is 0 Å². The molecular weight excluding hydrogens is 394 g/mol. The van der Waals surface area contributed by atoms with Gasteiger partial charge in [-0.1, -0.05) is 48.0 Å². The Kier molecular flexibility index (Phi) is 4.87. The lowest BCUT2D eigenvalue weighted by atomic mass is 9.92. The lowest BCUT2D eigenvalue weighted by Crippen LogP contribution is -2.09. The van der Waals surface area contributed by atoms with Gasteiger partial charge in [-0.3, -0.25) is 4.72 Å². The minimum atomic E-state index is -3.34. The van der Waals surface area contributed by atoms with E-state index < -0.39 is 10.0 Å². The quantitative estimate of drug-likeness (QED) is 0.645. The van der Waals surface area contributed by atoms with Crippen LogP contribution in [0.3, 0.4) is 0 Å². The van der Waals surface area contributed by atoms with Crippen molar-refractivity contribution in [1.82, 2.24) is 0 Å². The number of hydrogen-bond acceptors (Lipinski definition) is 3. The summed E-state index contributed by atoms with van der Waals surface area (Å²) in [5, 5.41) is 0.659. The zero-order valence-corrected chi connectivity index (χ0v) is 16.7.